The Hall–Kier alpha value is -2.33. The maximum Gasteiger partial charge on any atom is 0.133 e. The molecule has 1 aromatic heterocycles. The van der Waals surface area contributed by atoms with E-state index in [9.17, 15) is 0 Å². The molecule has 3 aromatic rings. The number of nitrogens with two attached hydrogens (primary N) is 1. The average Bonchev–Trinajstić information content (AvgIpc) is 2.53. The fraction of sp³-hybridized carbons (Fsp3) is 0.0556. The number of benzene rings is 2. The molecule has 1 heterocycles. The van der Waals surface area contributed by atoms with Crippen molar-refractivity contribution in [3.63, 3.8) is 0 Å². The van der Waals surface area contributed by atoms with Gasteiger partial charge in [0.15, 0.2) is 0 Å². The number of ether oxygens (including phenoxy) is 1. The van der Waals surface area contributed by atoms with Crippen molar-refractivity contribution in [3.8, 4) is 5.75 Å². The van der Waals surface area contributed by atoms with Gasteiger partial charge in [-0.1, -0.05) is 30.3 Å². The summed E-state index contributed by atoms with van der Waals surface area (Å²) in [7, 11) is 1.65. The lowest BCUT2D eigenvalue weighted by molar-refractivity contribution is 0.412. The number of aromatic nitrogens is 1. The highest BCUT2D eigenvalue weighted by Gasteiger charge is 2.02. The van der Waals surface area contributed by atoms with Gasteiger partial charge in [0.05, 0.1) is 22.8 Å². The molecule has 0 aliphatic heterocycles. The van der Waals surface area contributed by atoms with Crippen LogP contribution in [0.25, 0.3) is 23.1 Å². The summed E-state index contributed by atoms with van der Waals surface area (Å²) < 4.78 is 6.15. The lowest BCUT2D eigenvalue weighted by Crippen LogP contribution is -1.91. The van der Waals surface area contributed by atoms with E-state index in [0.717, 1.165) is 38.1 Å². The van der Waals surface area contributed by atoms with Crippen LogP contribution in [0.4, 0.5) is 5.69 Å². The Morgan fingerprint density at radius 1 is 1.09 bits per heavy atom. The Bertz CT molecular complexity index is 859. The normalized spacial score (nSPS) is 11.2. The van der Waals surface area contributed by atoms with Crippen LogP contribution < -0.4 is 10.5 Å². The summed E-state index contributed by atoms with van der Waals surface area (Å²) in [6.07, 6.45) is 3.96. The molecule has 2 N–H and O–H groups in total. The first-order chi connectivity index (χ1) is 10.7. The highest BCUT2D eigenvalue weighted by atomic mass is 79.9. The molecule has 0 aliphatic carbocycles. The van der Waals surface area contributed by atoms with Crippen LogP contribution in [0.5, 0.6) is 5.75 Å². The second-order valence-corrected chi connectivity index (χ2v) is 5.74. The molecule has 0 amide bonds. The van der Waals surface area contributed by atoms with Crippen LogP contribution >= 0.6 is 15.9 Å². The molecule has 0 saturated carbocycles. The van der Waals surface area contributed by atoms with Crippen LogP contribution in [0.2, 0.25) is 0 Å². The number of fused-ring (bicyclic) bond motifs is 1. The van der Waals surface area contributed by atoms with E-state index in [1.165, 1.54) is 0 Å². The molecule has 4 heteroatoms. The lowest BCUT2D eigenvalue weighted by Gasteiger charge is -2.04. The lowest BCUT2D eigenvalue weighted by atomic mass is 10.1. The number of hydrogen-bond acceptors (Lipinski definition) is 3. The first-order valence-electron chi connectivity index (χ1n) is 6.84. The molecular formula is C18H15BrN2O. The molecule has 0 spiro atoms. The van der Waals surface area contributed by atoms with E-state index in [0.29, 0.717) is 0 Å². The van der Waals surface area contributed by atoms with Crippen molar-refractivity contribution in [1.82, 2.24) is 4.98 Å². The number of nitrogens with zero attached hydrogens (tertiary/aromatic N) is 1. The molecule has 0 fully saturated rings. The second kappa shape index (κ2) is 6.20. The van der Waals surface area contributed by atoms with Gasteiger partial charge in [-0.2, -0.15) is 0 Å². The predicted molar refractivity (Wildman–Crippen MR) is 95.8 cm³/mol. The predicted octanol–water partition coefficient (Wildman–Crippen LogP) is 4.76. The number of hydrogen-bond donors (Lipinski definition) is 1. The van der Waals surface area contributed by atoms with Crippen molar-refractivity contribution < 1.29 is 4.74 Å². The van der Waals surface area contributed by atoms with Crippen molar-refractivity contribution >= 4 is 44.7 Å². The molecule has 2 aromatic carbocycles. The van der Waals surface area contributed by atoms with E-state index in [1.54, 1.807) is 7.11 Å². The van der Waals surface area contributed by atoms with Crippen LogP contribution in [0.15, 0.2) is 53.0 Å². The zero-order valence-corrected chi connectivity index (χ0v) is 13.7. The number of nitrogen functional groups attached to an aromatic ring is 1. The number of rotatable bonds is 3. The molecule has 110 valence electrons. The summed E-state index contributed by atoms with van der Waals surface area (Å²) >= 11 is 3.48. The van der Waals surface area contributed by atoms with Crippen LogP contribution in [-0.4, -0.2) is 12.1 Å². The maximum atomic E-state index is 6.09. The van der Waals surface area contributed by atoms with Crippen molar-refractivity contribution in [2.45, 2.75) is 0 Å². The SMILES string of the molecule is COc1ccc(/C=C/c2cc(N)c3ccccc3n2)cc1Br. The van der Waals surface area contributed by atoms with Gasteiger partial charge in [-0.25, -0.2) is 4.98 Å². The fourth-order valence-corrected chi connectivity index (χ4v) is 2.84. The molecule has 0 atom stereocenters. The molecule has 0 radical (unpaired) electrons. The Labute approximate surface area is 137 Å². The number of anilines is 1. The minimum atomic E-state index is 0.737. The highest BCUT2D eigenvalue weighted by Crippen LogP contribution is 2.26. The Kier molecular flexibility index (Phi) is 4.11. The number of pyridine rings is 1. The third kappa shape index (κ3) is 2.97. The molecule has 22 heavy (non-hydrogen) atoms. The summed E-state index contributed by atoms with van der Waals surface area (Å²) in [5, 5.41) is 0.979. The smallest absolute Gasteiger partial charge is 0.133 e. The summed E-state index contributed by atoms with van der Waals surface area (Å²) in [4.78, 5) is 4.60. The van der Waals surface area contributed by atoms with E-state index in [-0.39, 0.29) is 0 Å². The maximum absolute atomic E-state index is 6.09. The molecule has 0 unspecified atom stereocenters. The van der Waals surface area contributed by atoms with E-state index in [4.69, 9.17) is 10.5 Å². The van der Waals surface area contributed by atoms with Gasteiger partial charge in [0.2, 0.25) is 0 Å². The molecule has 0 aliphatic rings. The van der Waals surface area contributed by atoms with Crippen LogP contribution in [0, 0.1) is 0 Å². The van der Waals surface area contributed by atoms with Gasteiger partial charge in [-0.05, 0) is 51.8 Å². The van der Waals surface area contributed by atoms with E-state index < -0.39 is 0 Å². The molecule has 0 bridgehead atoms. The zero-order chi connectivity index (χ0) is 15.5. The summed E-state index contributed by atoms with van der Waals surface area (Å²) in [5.74, 6) is 0.810. The molecule has 3 rings (SSSR count). The van der Waals surface area contributed by atoms with Crippen molar-refractivity contribution in [2.24, 2.45) is 0 Å². The largest absolute Gasteiger partial charge is 0.496 e. The summed E-state index contributed by atoms with van der Waals surface area (Å²) in [6, 6.07) is 15.7. The quantitative estimate of drug-likeness (QED) is 0.737. The minimum absolute atomic E-state index is 0.737. The van der Waals surface area contributed by atoms with Gasteiger partial charge in [0.1, 0.15) is 5.75 Å². The van der Waals surface area contributed by atoms with Gasteiger partial charge in [0.25, 0.3) is 0 Å². The first kappa shape index (κ1) is 14.6. The molecule has 0 saturated heterocycles. The van der Waals surface area contributed by atoms with E-state index in [2.05, 4.69) is 20.9 Å². The van der Waals surface area contributed by atoms with Gasteiger partial charge in [-0.15, -0.1) is 0 Å². The van der Waals surface area contributed by atoms with Crippen LogP contribution in [0.3, 0.4) is 0 Å². The second-order valence-electron chi connectivity index (χ2n) is 4.88. The standard InChI is InChI=1S/C18H15BrN2O/c1-22-18-9-7-12(10-15(18)19)6-8-13-11-16(20)14-4-2-3-5-17(14)21-13/h2-11H,1H3,(H2,20,21)/b8-6+. The van der Waals surface area contributed by atoms with Crippen LogP contribution in [-0.2, 0) is 0 Å². The Morgan fingerprint density at radius 2 is 1.91 bits per heavy atom. The Balaban J connectivity index is 1.94. The van der Waals surface area contributed by atoms with Crippen molar-refractivity contribution in [1.29, 1.82) is 0 Å². The number of para-hydroxylation sites is 1. The highest BCUT2D eigenvalue weighted by molar-refractivity contribution is 9.10. The molecule has 3 nitrogen and oxygen atoms in total. The van der Waals surface area contributed by atoms with E-state index in [1.807, 2.05) is 60.7 Å². The third-order valence-corrected chi connectivity index (χ3v) is 4.01. The van der Waals surface area contributed by atoms with Crippen molar-refractivity contribution in [3.05, 3.63) is 64.3 Å². The van der Waals surface area contributed by atoms with Gasteiger partial charge < -0.3 is 10.5 Å². The minimum Gasteiger partial charge on any atom is -0.496 e. The third-order valence-electron chi connectivity index (χ3n) is 3.39. The monoisotopic (exact) mass is 354 g/mol. The summed E-state index contributed by atoms with van der Waals surface area (Å²) in [6.45, 7) is 0. The Morgan fingerprint density at radius 3 is 2.68 bits per heavy atom. The van der Waals surface area contributed by atoms with Gasteiger partial charge in [-0.3, -0.25) is 0 Å². The fourth-order valence-electron chi connectivity index (χ4n) is 2.28. The average molecular weight is 355 g/mol. The van der Waals surface area contributed by atoms with Crippen molar-refractivity contribution in [2.75, 3.05) is 12.8 Å². The topological polar surface area (TPSA) is 48.1 Å². The van der Waals surface area contributed by atoms with Gasteiger partial charge in [0, 0.05) is 11.1 Å². The van der Waals surface area contributed by atoms with Gasteiger partial charge >= 0.3 is 0 Å². The summed E-state index contributed by atoms with van der Waals surface area (Å²) in [5.41, 5.74) is 9.62. The number of halogens is 1. The zero-order valence-electron chi connectivity index (χ0n) is 12.1. The van der Waals surface area contributed by atoms with Crippen LogP contribution in [0.1, 0.15) is 11.3 Å². The first-order valence-corrected chi connectivity index (χ1v) is 7.63. The number of methoxy groups -OCH3 is 1. The molecular weight excluding hydrogens is 340 g/mol. The van der Waals surface area contributed by atoms with E-state index >= 15 is 0 Å².